The molecule has 192 valence electrons. The zero-order chi connectivity index (χ0) is 26.5. The minimum atomic E-state index is 0.577. The number of thiophene rings is 1. The normalized spacial score (nSPS) is 12.0. The number of hydrogen-bond acceptors (Lipinski definition) is 7. The van der Waals surface area contributed by atoms with Crippen LogP contribution in [-0.4, -0.2) is 27.6 Å². The Kier molecular flexibility index (Phi) is 7.46. The highest BCUT2D eigenvalue weighted by Crippen LogP contribution is 2.36. The Morgan fingerprint density at radius 2 is 1.66 bits per heavy atom. The van der Waals surface area contributed by atoms with Gasteiger partial charge in [0.1, 0.15) is 22.3 Å². The molecule has 38 heavy (non-hydrogen) atoms. The number of rotatable bonds is 5. The summed E-state index contributed by atoms with van der Waals surface area (Å²) in [7, 11) is 1.68. The Morgan fingerprint density at radius 3 is 2.29 bits per heavy atom. The lowest BCUT2D eigenvalue weighted by atomic mass is 10.0. The second kappa shape index (κ2) is 11.3. The van der Waals surface area contributed by atoms with E-state index in [-0.39, 0.29) is 0 Å². The van der Waals surface area contributed by atoms with Crippen molar-refractivity contribution >= 4 is 23.0 Å². The Bertz CT molecular complexity index is 1530. The van der Waals surface area contributed by atoms with E-state index in [1.807, 2.05) is 30.1 Å². The maximum atomic E-state index is 10.2. The molecular formula is C29H28N6O2S. The average Bonchev–Trinajstić information content (AvgIpc) is 3.52. The van der Waals surface area contributed by atoms with Crippen LogP contribution in [0.2, 0.25) is 0 Å². The minimum absolute atomic E-state index is 0.577. The lowest BCUT2D eigenvalue weighted by Gasteiger charge is -2.18. The van der Waals surface area contributed by atoms with Gasteiger partial charge in [-0.2, -0.15) is 9.83 Å². The first-order chi connectivity index (χ1) is 18.6. The van der Waals surface area contributed by atoms with Gasteiger partial charge in [0.2, 0.25) is 0 Å². The molecule has 0 saturated heterocycles. The van der Waals surface area contributed by atoms with E-state index in [9.17, 15) is 5.21 Å². The fourth-order valence-corrected chi connectivity index (χ4v) is 5.26. The number of fused-ring (bicyclic) bond motifs is 3. The SMILES string of the molecule is CCc1cc2c(s1)-n1c(C)nnc1N(Cc1ccc(OC)cc1)N=C2c1ccccc1.[O-][n+]1ccccc1. The van der Waals surface area contributed by atoms with Gasteiger partial charge in [0.15, 0.2) is 12.4 Å². The van der Waals surface area contributed by atoms with Crippen molar-refractivity contribution in [2.24, 2.45) is 5.10 Å². The Labute approximate surface area is 225 Å². The molecule has 6 rings (SSSR count). The molecule has 2 aromatic carbocycles. The highest BCUT2D eigenvalue weighted by Gasteiger charge is 2.28. The average molecular weight is 525 g/mol. The van der Waals surface area contributed by atoms with E-state index in [1.165, 1.54) is 17.3 Å². The summed E-state index contributed by atoms with van der Waals surface area (Å²) >= 11 is 1.78. The Hall–Kier alpha value is -4.50. The standard InChI is InChI=1S/C24H23N5OS.C5H5NO/c1-4-20-14-21-22(18-8-6-5-7-9-18)27-28(15-17-10-12-19(30-3)13-11-17)24-26-25-16(2)29(24)23(21)31-20;7-6-4-2-1-3-5-6/h5-14H,4,15H2,1-3H3;1-5H. The summed E-state index contributed by atoms with van der Waals surface area (Å²) in [6.07, 6.45) is 3.87. The van der Waals surface area contributed by atoms with Crippen molar-refractivity contribution in [2.75, 3.05) is 12.1 Å². The van der Waals surface area contributed by atoms with Gasteiger partial charge in [-0.15, -0.1) is 21.5 Å². The van der Waals surface area contributed by atoms with Crippen LogP contribution in [0.4, 0.5) is 5.95 Å². The van der Waals surface area contributed by atoms with Gasteiger partial charge in [-0.25, -0.2) is 5.01 Å². The smallest absolute Gasteiger partial charge is 0.253 e. The quantitative estimate of drug-likeness (QED) is 0.230. The van der Waals surface area contributed by atoms with Crippen molar-refractivity contribution < 1.29 is 9.47 Å². The van der Waals surface area contributed by atoms with Crippen molar-refractivity contribution in [3.63, 3.8) is 0 Å². The van der Waals surface area contributed by atoms with Crippen LogP contribution in [0.5, 0.6) is 5.75 Å². The number of pyridine rings is 1. The van der Waals surface area contributed by atoms with Crippen molar-refractivity contribution in [3.8, 4) is 10.8 Å². The minimum Gasteiger partial charge on any atom is -0.619 e. The predicted octanol–water partition coefficient (Wildman–Crippen LogP) is 5.30. The molecule has 0 amide bonds. The molecular weight excluding hydrogens is 496 g/mol. The van der Waals surface area contributed by atoms with Crippen molar-refractivity contribution in [2.45, 2.75) is 26.8 Å². The van der Waals surface area contributed by atoms with Gasteiger partial charge in [0.25, 0.3) is 5.95 Å². The molecule has 1 aliphatic heterocycles. The first-order valence-corrected chi connectivity index (χ1v) is 13.1. The van der Waals surface area contributed by atoms with E-state index < -0.39 is 0 Å². The Balaban J connectivity index is 0.000000366. The third-order valence-corrected chi connectivity index (χ3v) is 7.32. The largest absolute Gasteiger partial charge is 0.619 e. The van der Waals surface area contributed by atoms with E-state index in [1.54, 1.807) is 36.6 Å². The monoisotopic (exact) mass is 524 g/mol. The second-order valence-corrected chi connectivity index (χ2v) is 9.74. The second-order valence-electron chi connectivity index (χ2n) is 8.62. The van der Waals surface area contributed by atoms with Gasteiger partial charge in [-0.1, -0.05) is 55.5 Å². The summed E-state index contributed by atoms with van der Waals surface area (Å²) < 4.78 is 8.18. The zero-order valence-corrected chi connectivity index (χ0v) is 22.3. The molecule has 9 heteroatoms. The first kappa shape index (κ1) is 25.2. The van der Waals surface area contributed by atoms with Gasteiger partial charge >= 0.3 is 0 Å². The summed E-state index contributed by atoms with van der Waals surface area (Å²) in [4.78, 5) is 1.32. The summed E-state index contributed by atoms with van der Waals surface area (Å²) in [6.45, 7) is 4.75. The lowest BCUT2D eigenvalue weighted by Crippen LogP contribution is -2.22. The molecule has 0 N–H and O–H groups in total. The van der Waals surface area contributed by atoms with Crippen molar-refractivity contribution in [1.29, 1.82) is 0 Å². The fourth-order valence-electron chi connectivity index (χ4n) is 4.12. The number of aryl methyl sites for hydroxylation is 2. The number of hydrazone groups is 1. The van der Waals surface area contributed by atoms with Gasteiger partial charge in [-0.05, 0) is 37.1 Å². The summed E-state index contributed by atoms with van der Waals surface area (Å²) in [5, 5.41) is 27.3. The van der Waals surface area contributed by atoms with Crippen LogP contribution in [0.25, 0.3) is 5.00 Å². The number of methoxy groups -OCH3 is 1. The van der Waals surface area contributed by atoms with Crippen LogP contribution in [0.3, 0.4) is 0 Å². The summed E-state index contributed by atoms with van der Waals surface area (Å²) in [6, 6.07) is 25.8. The third-order valence-electron chi connectivity index (χ3n) is 6.06. The molecule has 8 nitrogen and oxygen atoms in total. The van der Waals surface area contributed by atoms with Crippen LogP contribution in [0.15, 0.2) is 96.4 Å². The van der Waals surface area contributed by atoms with E-state index in [2.05, 4.69) is 64.2 Å². The molecule has 0 fully saturated rings. The maximum Gasteiger partial charge on any atom is 0.253 e. The number of hydrogen-bond donors (Lipinski definition) is 0. The van der Waals surface area contributed by atoms with Crippen molar-refractivity contribution in [3.05, 3.63) is 124 Å². The number of aromatic nitrogens is 4. The van der Waals surface area contributed by atoms with E-state index >= 15 is 0 Å². The van der Waals surface area contributed by atoms with Gasteiger partial charge in [0, 0.05) is 28.1 Å². The predicted molar refractivity (Wildman–Crippen MR) is 150 cm³/mol. The van der Waals surface area contributed by atoms with Crippen LogP contribution < -0.4 is 14.5 Å². The van der Waals surface area contributed by atoms with Crippen molar-refractivity contribution in [1.82, 2.24) is 14.8 Å². The highest BCUT2D eigenvalue weighted by molar-refractivity contribution is 7.15. The molecule has 0 aliphatic carbocycles. The topological polar surface area (TPSA) is 82.5 Å². The molecule has 1 aliphatic rings. The number of ether oxygens (including phenoxy) is 1. The fraction of sp³-hybridized carbons (Fsp3) is 0.172. The summed E-state index contributed by atoms with van der Waals surface area (Å²) in [5.41, 5.74) is 4.27. The van der Waals surface area contributed by atoms with E-state index in [0.29, 0.717) is 6.54 Å². The molecule has 5 aromatic rings. The summed E-state index contributed by atoms with van der Waals surface area (Å²) in [5.74, 6) is 2.41. The molecule has 3 aromatic heterocycles. The van der Waals surface area contributed by atoms with Crippen LogP contribution in [0.1, 0.15) is 34.3 Å². The molecule has 0 atom stereocenters. The third kappa shape index (κ3) is 5.28. The van der Waals surface area contributed by atoms with Crippen LogP contribution in [0, 0.1) is 12.1 Å². The van der Waals surface area contributed by atoms with Crippen LogP contribution in [-0.2, 0) is 13.0 Å². The van der Waals surface area contributed by atoms with Gasteiger partial charge in [-0.3, -0.25) is 4.57 Å². The van der Waals surface area contributed by atoms with Crippen LogP contribution >= 0.6 is 11.3 Å². The number of anilines is 1. The van der Waals surface area contributed by atoms with E-state index in [0.717, 1.165) is 56.1 Å². The molecule has 4 heterocycles. The maximum absolute atomic E-state index is 10.2. The molecule has 0 radical (unpaired) electrons. The molecule has 0 saturated carbocycles. The molecule has 0 unspecified atom stereocenters. The van der Waals surface area contributed by atoms with Gasteiger partial charge < -0.3 is 9.94 Å². The Morgan fingerprint density at radius 1 is 0.947 bits per heavy atom. The number of nitrogens with zero attached hydrogens (tertiary/aromatic N) is 6. The lowest BCUT2D eigenvalue weighted by molar-refractivity contribution is -0.605. The zero-order valence-electron chi connectivity index (χ0n) is 21.5. The first-order valence-electron chi connectivity index (χ1n) is 12.3. The number of benzene rings is 2. The van der Waals surface area contributed by atoms with E-state index in [4.69, 9.17) is 9.84 Å². The van der Waals surface area contributed by atoms with Gasteiger partial charge in [0.05, 0.1) is 13.7 Å². The highest BCUT2D eigenvalue weighted by atomic mass is 32.1. The molecule has 0 bridgehead atoms. The molecule has 0 spiro atoms.